The predicted molar refractivity (Wildman–Crippen MR) is 118 cm³/mol. The second-order valence-electron chi connectivity index (χ2n) is 8.37. The van der Waals surface area contributed by atoms with Gasteiger partial charge in [0.1, 0.15) is 11.4 Å². The van der Waals surface area contributed by atoms with E-state index in [0.29, 0.717) is 36.0 Å². The van der Waals surface area contributed by atoms with E-state index in [1.807, 2.05) is 20.8 Å². The number of hydrogen-bond acceptors (Lipinski definition) is 7. The molecule has 8 nitrogen and oxygen atoms in total. The van der Waals surface area contributed by atoms with E-state index in [0.717, 1.165) is 10.6 Å². The molecule has 166 valence electrons. The highest BCUT2D eigenvalue weighted by molar-refractivity contribution is 7.15. The van der Waals surface area contributed by atoms with Crippen molar-refractivity contribution in [2.45, 2.75) is 59.3 Å². The monoisotopic (exact) mass is 445 g/mol. The highest BCUT2D eigenvalue weighted by Gasteiger charge is 2.28. The molecule has 1 aromatic carbocycles. The average Bonchev–Trinajstić information content (AvgIpc) is 3.08. The van der Waals surface area contributed by atoms with Gasteiger partial charge in [0.05, 0.1) is 12.2 Å². The van der Waals surface area contributed by atoms with Gasteiger partial charge in [0, 0.05) is 23.4 Å². The number of thiazole rings is 1. The van der Waals surface area contributed by atoms with Gasteiger partial charge in [0.25, 0.3) is 5.91 Å². The molecule has 1 unspecified atom stereocenters. The number of aromatic nitrogens is 1. The third-order valence-electron chi connectivity index (χ3n) is 4.54. The zero-order chi connectivity index (χ0) is 22.8. The van der Waals surface area contributed by atoms with Crippen molar-refractivity contribution in [3.8, 4) is 5.75 Å². The van der Waals surface area contributed by atoms with Gasteiger partial charge in [-0.05, 0) is 46.8 Å². The number of nitrogens with zero attached hydrogens (tertiary/aromatic N) is 2. The highest BCUT2D eigenvalue weighted by atomic mass is 32.1. The maximum atomic E-state index is 12.6. The first-order valence-electron chi connectivity index (χ1n) is 10.1. The largest absolute Gasteiger partial charge is 0.481 e. The Morgan fingerprint density at radius 3 is 2.68 bits per heavy atom. The number of Topliss-reactive ketones (excluding diaryl/α,β-unsaturated/α-hetero) is 1. The summed E-state index contributed by atoms with van der Waals surface area (Å²) in [5, 5.41) is 3.25. The van der Waals surface area contributed by atoms with Crippen molar-refractivity contribution in [2.24, 2.45) is 0 Å². The Morgan fingerprint density at radius 1 is 1.26 bits per heavy atom. The second kappa shape index (κ2) is 9.05. The molecule has 0 fully saturated rings. The molecule has 0 bridgehead atoms. The summed E-state index contributed by atoms with van der Waals surface area (Å²) >= 11 is 1.34. The third kappa shape index (κ3) is 6.04. The molecule has 9 heteroatoms. The van der Waals surface area contributed by atoms with Crippen LogP contribution in [0.4, 0.5) is 9.93 Å². The smallest absolute Gasteiger partial charge is 0.410 e. The summed E-state index contributed by atoms with van der Waals surface area (Å²) in [5.41, 5.74) is 0.847. The van der Waals surface area contributed by atoms with Crippen LogP contribution in [-0.4, -0.2) is 45.9 Å². The number of benzene rings is 1. The molecule has 2 heterocycles. The number of hydrogen-bond donors (Lipinski definition) is 1. The SMILES string of the molecule is CC(=O)c1cccc(OC(C)C(=O)Nc2nc3c(s2)CN(C(=O)OC(C)(C)C)CC3)c1. The summed E-state index contributed by atoms with van der Waals surface area (Å²) in [4.78, 5) is 43.5. The lowest BCUT2D eigenvalue weighted by atomic mass is 10.1. The first-order valence-corrected chi connectivity index (χ1v) is 10.9. The number of rotatable bonds is 5. The highest BCUT2D eigenvalue weighted by Crippen LogP contribution is 2.29. The van der Waals surface area contributed by atoms with Crippen LogP contribution >= 0.6 is 11.3 Å². The number of anilines is 1. The summed E-state index contributed by atoms with van der Waals surface area (Å²) < 4.78 is 11.1. The van der Waals surface area contributed by atoms with E-state index in [1.54, 1.807) is 36.1 Å². The fourth-order valence-corrected chi connectivity index (χ4v) is 4.01. The van der Waals surface area contributed by atoms with Crippen LogP contribution in [-0.2, 0) is 22.5 Å². The van der Waals surface area contributed by atoms with Crippen LogP contribution in [0.5, 0.6) is 5.75 Å². The van der Waals surface area contributed by atoms with E-state index in [1.165, 1.54) is 18.3 Å². The Bertz CT molecular complexity index is 995. The number of carbonyl (C=O) groups excluding carboxylic acids is 3. The van der Waals surface area contributed by atoms with Crippen LogP contribution in [0.3, 0.4) is 0 Å². The molecular formula is C22H27N3O5S. The van der Waals surface area contributed by atoms with Crippen molar-refractivity contribution in [1.82, 2.24) is 9.88 Å². The van der Waals surface area contributed by atoms with Crippen molar-refractivity contribution < 1.29 is 23.9 Å². The van der Waals surface area contributed by atoms with Gasteiger partial charge in [0.15, 0.2) is 17.0 Å². The summed E-state index contributed by atoms with van der Waals surface area (Å²) in [6, 6.07) is 6.71. The molecule has 1 N–H and O–H groups in total. The van der Waals surface area contributed by atoms with E-state index < -0.39 is 11.7 Å². The topological polar surface area (TPSA) is 97.8 Å². The van der Waals surface area contributed by atoms with Gasteiger partial charge in [-0.3, -0.25) is 14.9 Å². The van der Waals surface area contributed by atoms with Crippen molar-refractivity contribution in [3.05, 3.63) is 40.4 Å². The zero-order valence-electron chi connectivity index (χ0n) is 18.4. The fourth-order valence-electron chi connectivity index (χ4n) is 2.98. The summed E-state index contributed by atoms with van der Waals surface area (Å²) in [6.07, 6.45) is -0.529. The number of ketones is 1. The molecule has 1 aliphatic rings. The number of amides is 2. The minimum absolute atomic E-state index is 0.0728. The lowest BCUT2D eigenvalue weighted by Crippen LogP contribution is -2.39. The van der Waals surface area contributed by atoms with Gasteiger partial charge in [-0.2, -0.15) is 0 Å². The first kappa shape index (κ1) is 22.7. The molecule has 0 radical (unpaired) electrons. The number of carbonyl (C=O) groups is 3. The Kier molecular flexibility index (Phi) is 6.64. The van der Waals surface area contributed by atoms with E-state index in [-0.39, 0.29) is 17.8 Å². The molecule has 2 amide bonds. The minimum atomic E-state index is -0.776. The Hall–Kier alpha value is -2.94. The van der Waals surface area contributed by atoms with Gasteiger partial charge in [0.2, 0.25) is 0 Å². The molecular weight excluding hydrogens is 418 g/mol. The van der Waals surface area contributed by atoms with Gasteiger partial charge in [-0.15, -0.1) is 0 Å². The maximum absolute atomic E-state index is 12.6. The van der Waals surface area contributed by atoms with Crippen LogP contribution in [0.15, 0.2) is 24.3 Å². The van der Waals surface area contributed by atoms with E-state index in [2.05, 4.69) is 10.3 Å². The number of fused-ring (bicyclic) bond motifs is 1. The normalized spacial score (nSPS) is 14.4. The summed E-state index contributed by atoms with van der Waals surface area (Å²) in [7, 11) is 0. The van der Waals surface area contributed by atoms with E-state index in [4.69, 9.17) is 9.47 Å². The van der Waals surface area contributed by atoms with Crippen molar-refractivity contribution in [3.63, 3.8) is 0 Å². The lowest BCUT2D eigenvalue weighted by Gasteiger charge is -2.29. The maximum Gasteiger partial charge on any atom is 0.410 e. The van der Waals surface area contributed by atoms with Crippen LogP contribution in [0, 0.1) is 0 Å². The van der Waals surface area contributed by atoms with Crippen molar-refractivity contribution in [2.75, 3.05) is 11.9 Å². The average molecular weight is 446 g/mol. The number of ether oxygens (including phenoxy) is 2. The quantitative estimate of drug-likeness (QED) is 0.698. The Labute approximate surface area is 185 Å². The van der Waals surface area contributed by atoms with Crippen LogP contribution in [0.1, 0.15) is 55.5 Å². The lowest BCUT2D eigenvalue weighted by molar-refractivity contribution is -0.122. The predicted octanol–water partition coefficient (Wildman–Crippen LogP) is 4.04. The molecule has 1 atom stereocenters. The van der Waals surface area contributed by atoms with Crippen LogP contribution < -0.4 is 10.1 Å². The first-order chi connectivity index (χ1) is 14.5. The summed E-state index contributed by atoms with van der Waals surface area (Å²) in [6.45, 7) is 9.53. The fraction of sp³-hybridized carbons (Fsp3) is 0.455. The van der Waals surface area contributed by atoms with Crippen LogP contribution in [0.25, 0.3) is 0 Å². The van der Waals surface area contributed by atoms with E-state index >= 15 is 0 Å². The Morgan fingerprint density at radius 2 is 2.00 bits per heavy atom. The zero-order valence-corrected chi connectivity index (χ0v) is 19.2. The second-order valence-corrected chi connectivity index (χ2v) is 9.46. The molecule has 1 aromatic heterocycles. The minimum Gasteiger partial charge on any atom is -0.481 e. The van der Waals surface area contributed by atoms with Gasteiger partial charge in [-0.1, -0.05) is 23.5 Å². The molecule has 0 spiro atoms. The molecule has 3 rings (SSSR count). The molecule has 0 saturated carbocycles. The summed E-state index contributed by atoms with van der Waals surface area (Å²) in [5.74, 6) is 0.0291. The van der Waals surface area contributed by atoms with Crippen LogP contribution in [0.2, 0.25) is 0 Å². The molecule has 1 aliphatic heterocycles. The molecule has 31 heavy (non-hydrogen) atoms. The van der Waals surface area contributed by atoms with Gasteiger partial charge >= 0.3 is 6.09 Å². The molecule has 0 saturated heterocycles. The molecule has 0 aliphatic carbocycles. The Balaban J connectivity index is 1.60. The van der Waals surface area contributed by atoms with E-state index in [9.17, 15) is 14.4 Å². The van der Waals surface area contributed by atoms with Crippen molar-refractivity contribution >= 4 is 34.3 Å². The standard InChI is InChI=1S/C22H27N3O5S/c1-13(26)15-7-6-8-16(11-15)29-14(2)19(27)24-20-23-17-9-10-25(12-18(17)31-20)21(28)30-22(3,4)5/h6-8,11,14H,9-10,12H2,1-5H3,(H,23,24,27). The molecule has 2 aromatic rings. The third-order valence-corrected chi connectivity index (χ3v) is 5.53. The van der Waals surface area contributed by atoms with Gasteiger partial charge in [-0.25, -0.2) is 9.78 Å². The van der Waals surface area contributed by atoms with Crippen molar-refractivity contribution in [1.29, 1.82) is 0 Å². The van der Waals surface area contributed by atoms with Gasteiger partial charge < -0.3 is 14.4 Å². The number of nitrogens with one attached hydrogen (secondary N) is 1.